The molecule has 0 unspecified atom stereocenters. The van der Waals surface area contributed by atoms with Crippen LogP contribution in [0.15, 0.2) is 16.8 Å². The Labute approximate surface area is 146 Å². The number of rotatable bonds is 4. The molecule has 0 amide bonds. The lowest BCUT2D eigenvalue weighted by Crippen LogP contribution is -2.33. The minimum Gasteiger partial charge on any atom is -0.359 e. The first kappa shape index (κ1) is 16.0. The van der Waals surface area contributed by atoms with E-state index in [1.807, 2.05) is 37.8 Å². The molecule has 1 saturated heterocycles. The van der Waals surface area contributed by atoms with Crippen molar-refractivity contribution in [1.82, 2.24) is 35.0 Å². The van der Waals surface area contributed by atoms with Crippen LogP contribution in [-0.4, -0.2) is 41.6 Å². The number of aryl methyl sites for hydroxylation is 2. The molecule has 0 radical (unpaired) electrons. The summed E-state index contributed by atoms with van der Waals surface area (Å²) in [4.78, 5) is 6.91. The highest BCUT2D eigenvalue weighted by Gasteiger charge is 2.28. The van der Waals surface area contributed by atoms with Crippen molar-refractivity contribution in [3.8, 4) is 11.3 Å². The molecule has 132 valence electrons. The maximum absolute atomic E-state index is 5.60. The highest BCUT2D eigenvalue weighted by Crippen LogP contribution is 2.31. The largest absolute Gasteiger partial charge is 0.359 e. The Hall–Kier alpha value is -2.48. The summed E-state index contributed by atoms with van der Waals surface area (Å²) in [6.07, 6.45) is 5.28. The number of piperidine rings is 1. The molecule has 1 aliphatic heterocycles. The van der Waals surface area contributed by atoms with Crippen LogP contribution in [0.2, 0.25) is 0 Å². The zero-order valence-electron chi connectivity index (χ0n) is 14.9. The maximum Gasteiger partial charge on any atom is 0.167 e. The standard InChI is InChI=1S/C17H23N7O/c1-11-14(9-18-23(11)3)15-8-13(25-22-15)10-24-7-5-4-6-16(24)17-19-12(2)20-21-17/h8-9,16H,4-7,10H2,1-3H3,(H,19,20,21)/t16-/m1/s1. The van der Waals surface area contributed by atoms with E-state index in [0.717, 1.165) is 47.3 Å². The van der Waals surface area contributed by atoms with Crippen molar-refractivity contribution in [3.05, 3.63) is 35.4 Å². The van der Waals surface area contributed by atoms with Crippen LogP contribution in [0.5, 0.6) is 0 Å². The third-order valence-corrected chi connectivity index (χ3v) is 4.96. The Morgan fingerprint density at radius 1 is 1.32 bits per heavy atom. The van der Waals surface area contributed by atoms with Gasteiger partial charge in [-0.15, -0.1) is 0 Å². The van der Waals surface area contributed by atoms with Gasteiger partial charge >= 0.3 is 0 Å². The first-order chi connectivity index (χ1) is 12.1. The first-order valence-corrected chi connectivity index (χ1v) is 8.69. The second-order valence-corrected chi connectivity index (χ2v) is 6.71. The average molecular weight is 341 g/mol. The number of likely N-dealkylation sites (tertiary alicyclic amines) is 1. The van der Waals surface area contributed by atoms with E-state index in [2.05, 4.69) is 30.3 Å². The summed E-state index contributed by atoms with van der Waals surface area (Å²) in [5.41, 5.74) is 2.92. The topological polar surface area (TPSA) is 88.7 Å². The number of aromatic amines is 1. The third-order valence-electron chi connectivity index (χ3n) is 4.96. The molecule has 4 heterocycles. The van der Waals surface area contributed by atoms with Gasteiger partial charge in [-0.2, -0.15) is 10.2 Å². The van der Waals surface area contributed by atoms with Gasteiger partial charge in [-0.25, -0.2) is 4.98 Å². The highest BCUT2D eigenvalue weighted by atomic mass is 16.5. The molecule has 1 N–H and O–H groups in total. The number of H-pyrrole nitrogens is 1. The average Bonchev–Trinajstić information content (AvgIpc) is 3.31. The lowest BCUT2D eigenvalue weighted by atomic mass is 10.0. The molecule has 8 nitrogen and oxygen atoms in total. The minimum atomic E-state index is 0.229. The molecule has 1 fully saturated rings. The van der Waals surface area contributed by atoms with Crippen molar-refractivity contribution in [2.75, 3.05) is 6.54 Å². The van der Waals surface area contributed by atoms with Crippen LogP contribution in [-0.2, 0) is 13.6 Å². The Bertz CT molecular complexity index is 862. The van der Waals surface area contributed by atoms with Gasteiger partial charge in [-0.3, -0.25) is 14.7 Å². The monoisotopic (exact) mass is 341 g/mol. The van der Waals surface area contributed by atoms with E-state index >= 15 is 0 Å². The Kier molecular flexibility index (Phi) is 4.12. The fraction of sp³-hybridized carbons (Fsp3) is 0.529. The van der Waals surface area contributed by atoms with E-state index < -0.39 is 0 Å². The van der Waals surface area contributed by atoms with Gasteiger partial charge in [-0.05, 0) is 33.2 Å². The second kappa shape index (κ2) is 6.44. The molecule has 0 aromatic carbocycles. The summed E-state index contributed by atoms with van der Waals surface area (Å²) in [5, 5.41) is 15.8. The fourth-order valence-electron chi connectivity index (χ4n) is 3.45. The van der Waals surface area contributed by atoms with Crippen molar-refractivity contribution in [3.63, 3.8) is 0 Å². The number of nitrogens with one attached hydrogen (secondary N) is 1. The molecule has 25 heavy (non-hydrogen) atoms. The van der Waals surface area contributed by atoms with E-state index in [4.69, 9.17) is 4.52 Å². The summed E-state index contributed by atoms with van der Waals surface area (Å²) < 4.78 is 7.44. The van der Waals surface area contributed by atoms with Gasteiger partial charge in [0.2, 0.25) is 0 Å². The van der Waals surface area contributed by atoms with Gasteiger partial charge in [-0.1, -0.05) is 11.6 Å². The number of aromatic nitrogens is 6. The first-order valence-electron chi connectivity index (χ1n) is 8.69. The van der Waals surface area contributed by atoms with Crippen LogP contribution in [0.3, 0.4) is 0 Å². The lowest BCUT2D eigenvalue weighted by Gasteiger charge is -2.33. The van der Waals surface area contributed by atoms with Gasteiger partial charge in [0.1, 0.15) is 11.5 Å². The third kappa shape index (κ3) is 3.09. The van der Waals surface area contributed by atoms with Crippen LogP contribution < -0.4 is 0 Å². The number of nitrogens with zero attached hydrogens (tertiary/aromatic N) is 6. The van der Waals surface area contributed by atoms with Gasteiger partial charge in [0.15, 0.2) is 11.6 Å². The predicted octanol–water partition coefficient (Wildman–Crippen LogP) is 2.54. The molecule has 1 aliphatic rings. The Morgan fingerprint density at radius 3 is 2.92 bits per heavy atom. The zero-order valence-corrected chi connectivity index (χ0v) is 14.9. The van der Waals surface area contributed by atoms with Gasteiger partial charge < -0.3 is 4.52 Å². The van der Waals surface area contributed by atoms with Crippen LogP contribution in [0.25, 0.3) is 11.3 Å². The zero-order chi connectivity index (χ0) is 17.4. The van der Waals surface area contributed by atoms with Gasteiger partial charge in [0.05, 0.1) is 18.8 Å². The molecular weight excluding hydrogens is 318 g/mol. The smallest absolute Gasteiger partial charge is 0.167 e. The quantitative estimate of drug-likeness (QED) is 0.784. The van der Waals surface area contributed by atoms with Gasteiger partial charge in [0.25, 0.3) is 0 Å². The van der Waals surface area contributed by atoms with Crippen LogP contribution in [0.1, 0.15) is 48.4 Å². The van der Waals surface area contributed by atoms with Crippen molar-refractivity contribution in [1.29, 1.82) is 0 Å². The van der Waals surface area contributed by atoms with Gasteiger partial charge in [0, 0.05) is 24.4 Å². The van der Waals surface area contributed by atoms with Crippen molar-refractivity contribution in [2.24, 2.45) is 7.05 Å². The van der Waals surface area contributed by atoms with E-state index in [0.29, 0.717) is 6.54 Å². The molecule has 0 spiro atoms. The minimum absolute atomic E-state index is 0.229. The summed E-state index contributed by atoms with van der Waals surface area (Å²) in [6.45, 7) is 5.69. The number of hydrogen-bond acceptors (Lipinski definition) is 6. The molecule has 0 bridgehead atoms. The van der Waals surface area contributed by atoms with Crippen LogP contribution >= 0.6 is 0 Å². The Balaban J connectivity index is 1.53. The summed E-state index contributed by atoms with van der Waals surface area (Å²) in [5.74, 6) is 2.59. The molecule has 3 aromatic heterocycles. The second-order valence-electron chi connectivity index (χ2n) is 6.71. The molecule has 1 atom stereocenters. The van der Waals surface area contributed by atoms with Crippen LogP contribution in [0.4, 0.5) is 0 Å². The fourth-order valence-corrected chi connectivity index (χ4v) is 3.45. The highest BCUT2D eigenvalue weighted by molar-refractivity contribution is 5.60. The summed E-state index contributed by atoms with van der Waals surface area (Å²) in [6, 6.07) is 2.24. The number of hydrogen-bond donors (Lipinski definition) is 1. The normalized spacial score (nSPS) is 18.8. The van der Waals surface area contributed by atoms with Crippen molar-refractivity contribution in [2.45, 2.75) is 45.7 Å². The molecular formula is C17H23N7O. The van der Waals surface area contributed by atoms with Crippen LogP contribution in [0, 0.1) is 13.8 Å². The van der Waals surface area contributed by atoms with E-state index in [-0.39, 0.29) is 6.04 Å². The lowest BCUT2D eigenvalue weighted by molar-refractivity contribution is 0.120. The van der Waals surface area contributed by atoms with Crippen molar-refractivity contribution >= 4 is 0 Å². The predicted molar refractivity (Wildman–Crippen MR) is 91.6 cm³/mol. The maximum atomic E-state index is 5.60. The SMILES string of the molecule is Cc1nc([C@H]2CCCCN2Cc2cc(-c3cnn(C)c3C)no2)n[nH]1. The Morgan fingerprint density at radius 2 is 2.20 bits per heavy atom. The molecule has 3 aromatic rings. The van der Waals surface area contributed by atoms with E-state index in [1.165, 1.54) is 12.8 Å². The molecule has 8 heteroatoms. The molecule has 0 aliphatic carbocycles. The van der Waals surface area contributed by atoms with E-state index in [1.54, 1.807) is 0 Å². The van der Waals surface area contributed by atoms with Crippen molar-refractivity contribution < 1.29 is 4.52 Å². The molecule has 4 rings (SSSR count). The van der Waals surface area contributed by atoms with E-state index in [9.17, 15) is 0 Å². The summed E-state index contributed by atoms with van der Waals surface area (Å²) >= 11 is 0. The molecule has 0 saturated carbocycles. The summed E-state index contributed by atoms with van der Waals surface area (Å²) in [7, 11) is 1.93.